The molecule has 0 aromatic heterocycles. The molecule has 1 fully saturated rings. The Balaban J connectivity index is 1.83. The van der Waals surface area contributed by atoms with Gasteiger partial charge in [-0.3, -0.25) is 9.59 Å². The molecule has 1 N–H and O–H groups in total. The van der Waals surface area contributed by atoms with Crippen molar-refractivity contribution in [2.75, 3.05) is 10.2 Å². The summed E-state index contributed by atoms with van der Waals surface area (Å²) in [6, 6.07) is 14.1. The molecule has 1 atom stereocenters. The predicted molar refractivity (Wildman–Crippen MR) is 77.4 cm³/mol. The standard InChI is InChI=1S/C16H13FN2O2/c17-12-8-4-5-9-13(12)18-14-10-15(20)19(16(14)21)11-6-2-1-3-7-11/h1-9,14,18H,10H2/t14-/m1/s1. The van der Waals surface area contributed by atoms with Crippen LogP contribution in [0.5, 0.6) is 0 Å². The monoisotopic (exact) mass is 284 g/mol. The quantitative estimate of drug-likeness (QED) is 0.881. The van der Waals surface area contributed by atoms with Crippen LogP contribution in [0.15, 0.2) is 54.6 Å². The van der Waals surface area contributed by atoms with Crippen LogP contribution in [0.25, 0.3) is 0 Å². The molecular weight excluding hydrogens is 271 g/mol. The highest BCUT2D eigenvalue weighted by Gasteiger charge is 2.39. The second-order valence-corrected chi connectivity index (χ2v) is 4.78. The van der Waals surface area contributed by atoms with Gasteiger partial charge in [0.25, 0.3) is 5.91 Å². The van der Waals surface area contributed by atoms with Gasteiger partial charge < -0.3 is 5.32 Å². The molecule has 3 rings (SSSR count). The van der Waals surface area contributed by atoms with E-state index in [0.29, 0.717) is 5.69 Å². The van der Waals surface area contributed by atoms with Gasteiger partial charge in [0.2, 0.25) is 5.91 Å². The molecular formula is C16H13FN2O2. The first-order chi connectivity index (χ1) is 10.2. The molecule has 1 aliphatic rings. The number of hydrogen-bond acceptors (Lipinski definition) is 3. The van der Waals surface area contributed by atoms with Gasteiger partial charge in [0.05, 0.1) is 17.8 Å². The van der Waals surface area contributed by atoms with E-state index in [9.17, 15) is 14.0 Å². The zero-order valence-corrected chi connectivity index (χ0v) is 11.1. The van der Waals surface area contributed by atoms with Crippen LogP contribution in [-0.2, 0) is 9.59 Å². The first-order valence-electron chi connectivity index (χ1n) is 6.60. The second kappa shape index (κ2) is 5.36. The fourth-order valence-electron chi connectivity index (χ4n) is 2.36. The smallest absolute Gasteiger partial charge is 0.256 e. The number of rotatable bonds is 3. The number of amides is 2. The number of hydrogen-bond donors (Lipinski definition) is 1. The Kier molecular flexibility index (Phi) is 3.39. The van der Waals surface area contributed by atoms with Crippen LogP contribution >= 0.6 is 0 Å². The number of carbonyl (C=O) groups is 2. The third kappa shape index (κ3) is 2.50. The lowest BCUT2D eigenvalue weighted by atomic mass is 10.2. The maximum absolute atomic E-state index is 13.6. The van der Waals surface area contributed by atoms with Crippen molar-refractivity contribution in [3.05, 3.63) is 60.4 Å². The number of imide groups is 1. The molecule has 1 heterocycles. The molecule has 0 radical (unpaired) electrons. The van der Waals surface area contributed by atoms with E-state index < -0.39 is 11.9 Å². The first kappa shape index (κ1) is 13.3. The maximum atomic E-state index is 13.6. The van der Waals surface area contributed by atoms with Crippen molar-refractivity contribution in [3.8, 4) is 0 Å². The van der Waals surface area contributed by atoms with Crippen LogP contribution in [0.3, 0.4) is 0 Å². The summed E-state index contributed by atoms with van der Waals surface area (Å²) in [7, 11) is 0. The lowest BCUT2D eigenvalue weighted by molar-refractivity contribution is -0.121. The van der Waals surface area contributed by atoms with Gasteiger partial charge in [-0.15, -0.1) is 0 Å². The Morgan fingerprint density at radius 2 is 1.67 bits per heavy atom. The van der Waals surface area contributed by atoms with E-state index in [1.807, 2.05) is 6.07 Å². The Bertz CT molecular complexity index is 688. The van der Waals surface area contributed by atoms with Crippen molar-refractivity contribution in [2.45, 2.75) is 12.5 Å². The fraction of sp³-hybridized carbons (Fsp3) is 0.125. The molecule has 0 unspecified atom stereocenters. The average Bonchev–Trinajstić information content (AvgIpc) is 2.77. The van der Waals surface area contributed by atoms with Gasteiger partial charge in [-0.1, -0.05) is 30.3 Å². The summed E-state index contributed by atoms with van der Waals surface area (Å²) < 4.78 is 13.6. The van der Waals surface area contributed by atoms with Crippen molar-refractivity contribution < 1.29 is 14.0 Å². The Morgan fingerprint density at radius 1 is 1.00 bits per heavy atom. The van der Waals surface area contributed by atoms with E-state index in [-0.39, 0.29) is 23.9 Å². The summed E-state index contributed by atoms with van der Waals surface area (Å²) in [5, 5.41) is 2.80. The van der Waals surface area contributed by atoms with Gasteiger partial charge >= 0.3 is 0 Å². The van der Waals surface area contributed by atoms with Gasteiger partial charge in [-0.25, -0.2) is 9.29 Å². The molecule has 0 bridgehead atoms. The van der Waals surface area contributed by atoms with Crippen molar-refractivity contribution in [1.29, 1.82) is 0 Å². The molecule has 4 nitrogen and oxygen atoms in total. The normalized spacial score (nSPS) is 18.1. The number of nitrogens with one attached hydrogen (secondary N) is 1. The van der Waals surface area contributed by atoms with Crippen molar-refractivity contribution in [2.24, 2.45) is 0 Å². The lowest BCUT2D eigenvalue weighted by Gasteiger charge is -2.16. The molecule has 106 valence electrons. The Labute approximate surface area is 121 Å². The predicted octanol–water partition coefficient (Wildman–Crippen LogP) is 2.57. The molecule has 1 saturated heterocycles. The van der Waals surface area contributed by atoms with Gasteiger partial charge in [0.15, 0.2) is 0 Å². The molecule has 1 aliphatic heterocycles. The van der Waals surface area contributed by atoms with Gasteiger partial charge in [0, 0.05) is 0 Å². The zero-order chi connectivity index (χ0) is 14.8. The lowest BCUT2D eigenvalue weighted by Crippen LogP contribution is -2.34. The summed E-state index contributed by atoms with van der Waals surface area (Å²) in [4.78, 5) is 25.5. The molecule has 0 saturated carbocycles. The molecule has 2 amide bonds. The third-order valence-electron chi connectivity index (χ3n) is 3.36. The minimum absolute atomic E-state index is 0.0159. The van der Waals surface area contributed by atoms with Gasteiger partial charge in [-0.2, -0.15) is 0 Å². The van der Waals surface area contributed by atoms with E-state index in [1.54, 1.807) is 36.4 Å². The van der Waals surface area contributed by atoms with Crippen molar-refractivity contribution in [1.82, 2.24) is 0 Å². The number of para-hydroxylation sites is 2. The number of carbonyl (C=O) groups excluding carboxylic acids is 2. The van der Waals surface area contributed by atoms with Crippen molar-refractivity contribution in [3.63, 3.8) is 0 Å². The highest BCUT2D eigenvalue weighted by atomic mass is 19.1. The minimum atomic E-state index is -0.741. The number of anilines is 2. The van der Waals surface area contributed by atoms with Crippen LogP contribution in [-0.4, -0.2) is 17.9 Å². The average molecular weight is 284 g/mol. The van der Waals surface area contributed by atoms with Crippen molar-refractivity contribution >= 4 is 23.2 Å². The van der Waals surface area contributed by atoms with Gasteiger partial charge in [0.1, 0.15) is 11.9 Å². The summed E-state index contributed by atoms with van der Waals surface area (Å²) in [5.41, 5.74) is 0.754. The molecule has 21 heavy (non-hydrogen) atoms. The van der Waals surface area contributed by atoms with E-state index >= 15 is 0 Å². The molecule has 0 spiro atoms. The Morgan fingerprint density at radius 3 is 2.38 bits per heavy atom. The number of benzene rings is 2. The molecule has 2 aromatic carbocycles. The van der Waals surface area contributed by atoms with E-state index in [2.05, 4.69) is 5.32 Å². The SMILES string of the molecule is O=C1C[C@@H](Nc2ccccc2F)C(=O)N1c1ccccc1. The summed E-state index contributed by atoms with van der Waals surface area (Å²) in [6.07, 6.45) is 0.0159. The minimum Gasteiger partial charge on any atom is -0.371 e. The third-order valence-corrected chi connectivity index (χ3v) is 3.36. The molecule has 2 aromatic rings. The zero-order valence-electron chi connectivity index (χ0n) is 11.1. The van der Waals surface area contributed by atoms with E-state index in [1.165, 1.54) is 12.1 Å². The highest BCUT2D eigenvalue weighted by Crippen LogP contribution is 2.25. The van der Waals surface area contributed by atoms with Gasteiger partial charge in [-0.05, 0) is 24.3 Å². The van der Waals surface area contributed by atoms with E-state index in [0.717, 1.165) is 4.90 Å². The van der Waals surface area contributed by atoms with Crippen LogP contribution in [0.2, 0.25) is 0 Å². The fourth-order valence-corrected chi connectivity index (χ4v) is 2.36. The van der Waals surface area contributed by atoms with E-state index in [4.69, 9.17) is 0 Å². The maximum Gasteiger partial charge on any atom is 0.256 e. The second-order valence-electron chi connectivity index (χ2n) is 4.78. The summed E-state index contributed by atoms with van der Waals surface area (Å²) >= 11 is 0. The van der Waals surface area contributed by atoms with Crippen LogP contribution in [0, 0.1) is 5.82 Å². The highest BCUT2D eigenvalue weighted by molar-refractivity contribution is 6.23. The molecule has 0 aliphatic carbocycles. The largest absolute Gasteiger partial charge is 0.371 e. The van der Waals surface area contributed by atoms with Crippen LogP contribution in [0.4, 0.5) is 15.8 Å². The topological polar surface area (TPSA) is 49.4 Å². The first-order valence-corrected chi connectivity index (χ1v) is 6.60. The summed E-state index contributed by atoms with van der Waals surface area (Å²) in [6.45, 7) is 0. The number of nitrogens with zero attached hydrogens (tertiary/aromatic N) is 1. The van der Waals surface area contributed by atoms with Crippen LogP contribution < -0.4 is 10.2 Å². The number of halogens is 1. The summed E-state index contributed by atoms with van der Waals surface area (Å²) in [5.74, 6) is -1.11. The Hall–Kier alpha value is -2.69. The molecule has 5 heteroatoms. The van der Waals surface area contributed by atoms with Crippen LogP contribution in [0.1, 0.15) is 6.42 Å².